The van der Waals surface area contributed by atoms with Gasteiger partial charge < -0.3 is 4.74 Å². The van der Waals surface area contributed by atoms with Crippen LogP contribution in [-0.2, 0) is 12.8 Å². The Labute approximate surface area is 178 Å². The molecule has 4 heterocycles. The van der Waals surface area contributed by atoms with Crippen molar-refractivity contribution in [3.05, 3.63) is 72.3 Å². The summed E-state index contributed by atoms with van der Waals surface area (Å²) in [6.45, 7) is 0. The van der Waals surface area contributed by atoms with Gasteiger partial charge in [0.2, 0.25) is 0 Å². The molecule has 0 unspecified atom stereocenters. The third kappa shape index (κ3) is 2.89. The average molecular weight is 408 g/mol. The van der Waals surface area contributed by atoms with E-state index in [0.29, 0.717) is 0 Å². The van der Waals surface area contributed by atoms with Gasteiger partial charge in [-0.25, -0.2) is 9.67 Å². The van der Waals surface area contributed by atoms with Gasteiger partial charge in [-0.1, -0.05) is 18.2 Å². The van der Waals surface area contributed by atoms with Gasteiger partial charge in [-0.05, 0) is 42.5 Å². The standard InChI is InChI=1S/C24H20N6O/c1-31-21-12-20-24(27-23(21)19-7-3-5-15-4-2-6-18(15)19)22(29-28-20)16-13-26-30(14-16)17-8-10-25-11-9-17/h3,5,7-14H,2,4,6H2,1H3,(H,28,29). The number of rotatable bonds is 4. The van der Waals surface area contributed by atoms with Gasteiger partial charge in [0, 0.05) is 35.8 Å². The number of hydrogen-bond acceptors (Lipinski definition) is 5. The third-order valence-electron chi connectivity index (χ3n) is 5.90. The van der Waals surface area contributed by atoms with E-state index in [4.69, 9.17) is 9.72 Å². The Balaban J connectivity index is 1.51. The Morgan fingerprint density at radius 1 is 1.06 bits per heavy atom. The Morgan fingerprint density at radius 2 is 1.97 bits per heavy atom. The number of aryl methyl sites for hydroxylation is 1. The highest BCUT2D eigenvalue weighted by atomic mass is 16.5. The second kappa shape index (κ2) is 7.05. The fourth-order valence-corrected chi connectivity index (χ4v) is 4.40. The van der Waals surface area contributed by atoms with Crippen LogP contribution in [0.5, 0.6) is 5.75 Å². The zero-order valence-electron chi connectivity index (χ0n) is 17.0. The molecule has 0 fully saturated rings. The first-order valence-corrected chi connectivity index (χ1v) is 10.3. The van der Waals surface area contributed by atoms with Gasteiger partial charge in [0.1, 0.15) is 22.7 Å². The van der Waals surface area contributed by atoms with Gasteiger partial charge >= 0.3 is 0 Å². The highest BCUT2D eigenvalue weighted by Crippen LogP contribution is 2.38. The molecule has 0 aliphatic heterocycles. The number of methoxy groups -OCH3 is 1. The molecule has 0 atom stereocenters. The normalized spacial score (nSPS) is 12.9. The van der Waals surface area contributed by atoms with E-state index in [-0.39, 0.29) is 0 Å². The third-order valence-corrected chi connectivity index (χ3v) is 5.90. The van der Waals surface area contributed by atoms with Crippen molar-refractivity contribution in [3.8, 4) is 34.0 Å². The Kier molecular flexibility index (Phi) is 4.06. The van der Waals surface area contributed by atoms with Crippen LogP contribution in [0, 0.1) is 0 Å². The maximum Gasteiger partial charge on any atom is 0.147 e. The van der Waals surface area contributed by atoms with Gasteiger partial charge in [0.25, 0.3) is 0 Å². The first kappa shape index (κ1) is 17.8. The molecule has 0 spiro atoms. The van der Waals surface area contributed by atoms with E-state index in [2.05, 4.69) is 38.5 Å². The lowest BCUT2D eigenvalue weighted by Gasteiger charge is -2.12. The van der Waals surface area contributed by atoms with Crippen molar-refractivity contribution in [3.63, 3.8) is 0 Å². The number of nitrogens with zero attached hydrogens (tertiary/aromatic N) is 5. The average Bonchev–Trinajstić information content (AvgIpc) is 3.57. The molecular formula is C24H20N6O. The highest BCUT2D eigenvalue weighted by molar-refractivity contribution is 5.93. The molecule has 0 bridgehead atoms. The molecule has 0 saturated heterocycles. The van der Waals surface area contributed by atoms with Crippen LogP contribution in [0.3, 0.4) is 0 Å². The van der Waals surface area contributed by atoms with Crippen molar-refractivity contribution in [2.45, 2.75) is 19.3 Å². The molecule has 31 heavy (non-hydrogen) atoms. The van der Waals surface area contributed by atoms with Gasteiger partial charge in [-0.15, -0.1) is 0 Å². The largest absolute Gasteiger partial charge is 0.494 e. The Hall–Kier alpha value is -4.00. The van der Waals surface area contributed by atoms with Crippen LogP contribution in [0.25, 0.3) is 39.2 Å². The Bertz CT molecular complexity index is 1400. The number of hydrogen-bond donors (Lipinski definition) is 1. The molecule has 7 nitrogen and oxygen atoms in total. The maximum absolute atomic E-state index is 5.71. The summed E-state index contributed by atoms with van der Waals surface area (Å²) in [6.07, 6.45) is 10.6. The lowest BCUT2D eigenvalue weighted by atomic mass is 9.99. The van der Waals surface area contributed by atoms with E-state index >= 15 is 0 Å². The van der Waals surface area contributed by atoms with E-state index in [1.807, 2.05) is 35.3 Å². The van der Waals surface area contributed by atoms with Crippen LogP contribution in [0.15, 0.2) is 61.2 Å². The maximum atomic E-state index is 5.71. The first-order valence-electron chi connectivity index (χ1n) is 10.3. The zero-order chi connectivity index (χ0) is 20.8. The molecule has 5 aromatic rings. The molecule has 1 aromatic carbocycles. The molecular weight excluding hydrogens is 388 g/mol. The lowest BCUT2D eigenvalue weighted by molar-refractivity contribution is 0.415. The van der Waals surface area contributed by atoms with Crippen LogP contribution in [-0.4, -0.2) is 37.1 Å². The highest BCUT2D eigenvalue weighted by Gasteiger charge is 2.21. The molecule has 0 radical (unpaired) electrons. The number of pyridine rings is 2. The minimum absolute atomic E-state index is 0.746. The summed E-state index contributed by atoms with van der Waals surface area (Å²) in [6, 6.07) is 12.3. The van der Waals surface area contributed by atoms with E-state index < -0.39 is 0 Å². The molecule has 1 N–H and O–H groups in total. The fraction of sp³-hybridized carbons (Fsp3) is 0.167. The molecule has 0 amide bonds. The van der Waals surface area contributed by atoms with E-state index in [9.17, 15) is 0 Å². The first-order chi connectivity index (χ1) is 15.3. The van der Waals surface area contributed by atoms with Crippen LogP contribution in [0.4, 0.5) is 0 Å². The second-order valence-corrected chi connectivity index (χ2v) is 7.68. The topological polar surface area (TPSA) is 81.5 Å². The van der Waals surface area contributed by atoms with Crippen molar-refractivity contribution in [2.75, 3.05) is 7.11 Å². The number of ether oxygens (including phenoxy) is 1. The number of aromatic nitrogens is 6. The number of H-pyrrole nitrogens is 1. The van der Waals surface area contributed by atoms with Gasteiger partial charge in [0.15, 0.2) is 0 Å². The molecule has 152 valence electrons. The summed E-state index contributed by atoms with van der Waals surface area (Å²) < 4.78 is 7.52. The van der Waals surface area contributed by atoms with E-state index in [1.54, 1.807) is 19.5 Å². The van der Waals surface area contributed by atoms with Crippen LogP contribution in [0.2, 0.25) is 0 Å². The Morgan fingerprint density at radius 3 is 2.84 bits per heavy atom. The molecule has 7 heteroatoms. The number of aromatic amines is 1. The van der Waals surface area contributed by atoms with Crippen molar-refractivity contribution in [2.24, 2.45) is 0 Å². The molecule has 6 rings (SSSR count). The summed E-state index contributed by atoms with van der Waals surface area (Å²) in [5.74, 6) is 0.746. The van der Waals surface area contributed by atoms with Crippen LogP contribution in [0.1, 0.15) is 17.5 Å². The van der Waals surface area contributed by atoms with Crippen molar-refractivity contribution in [1.29, 1.82) is 0 Å². The minimum atomic E-state index is 0.746. The van der Waals surface area contributed by atoms with Crippen molar-refractivity contribution in [1.82, 2.24) is 29.9 Å². The minimum Gasteiger partial charge on any atom is -0.494 e. The summed E-state index contributed by atoms with van der Waals surface area (Å²) in [5.41, 5.74) is 9.04. The predicted octanol–water partition coefficient (Wildman–Crippen LogP) is 4.37. The van der Waals surface area contributed by atoms with Gasteiger partial charge in [-0.2, -0.15) is 10.2 Å². The summed E-state index contributed by atoms with van der Waals surface area (Å²) in [5, 5.41) is 12.1. The molecule has 4 aromatic heterocycles. The van der Waals surface area contributed by atoms with Crippen molar-refractivity contribution >= 4 is 11.0 Å². The smallest absolute Gasteiger partial charge is 0.147 e. The van der Waals surface area contributed by atoms with E-state index in [0.717, 1.165) is 57.8 Å². The van der Waals surface area contributed by atoms with Crippen LogP contribution >= 0.6 is 0 Å². The molecule has 0 saturated carbocycles. The predicted molar refractivity (Wildman–Crippen MR) is 118 cm³/mol. The molecule has 1 aliphatic carbocycles. The fourth-order valence-electron chi connectivity index (χ4n) is 4.40. The summed E-state index contributed by atoms with van der Waals surface area (Å²) >= 11 is 0. The zero-order valence-corrected chi connectivity index (χ0v) is 17.0. The quantitative estimate of drug-likeness (QED) is 0.478. The number of fused-ring (bicyclic) bond motifs is 2. The molecule has 1 aliphatic rings. The lowest BCUT2D eigenvalue weighted by Crippen LogP contribution is -1.96. The van der Waals surface area contributed by atoms with Gasteiger partial charge in [-0.3, -0.25) is 10.1 Å². The summed E-state index contributed by atoms with van der Waals surface area (Å²) in [7, 11) is 1.69. The summed E-state index contributed by atoms with van der Waals surface area (Å²) in [4.78, 5) is 9.11. The number of benzene rings is 1. The van der Waals surface area contributed by atoms with Crippen LogP contribution < -0.4 is 4.74 Å². The second-order valence-electron chi connectivity index (χ2n) is 7.68. The monoisotopic (exact) mass is 408 g/mol. The SMILES string of the molecule is COc1cc2[nH]nc(-c3cnn(-c4ccncc4)c3)c2nc1-c1cccc2c1CCC2. The number of nitrogens with one attached hydrogen (secondary N) is 1. The van der Waals surface area contributed by atoms with Crippen molar-refractivity contribution < 1.29 is 4.74 Å². The van der Waals surface area contributed by atoms with E-state index in [1.165, 1.54) is 17.5 Å². The van der Waals surface area contributed by atoms with Gasteiger partial charge in [0.05, 0.1) is 24.5 Å².